The first-order chi connectivity index (χ1) is 10.7. The minimum atomic E-state index is -0.445. The van der Waals surface area contributed by atoms with Crippen molar-refractivity contribution in [2.45, 2.75) is 50.1 Å². The molecule has 0 radical (unpaired) electrons. The minimum absolute atomic E-state index is 0.260. The van der Waals surface area contributed by atoms with Crippen LogP contribution in [0.5, 0.6) is 0 Å². The molecule has 22 heavy (non-hydrogen) atoms. The van der Waals surface area contributed by atoms with Crippen molar-refractivity contribution in [2.24, 2.45) is 0 Å². The summed E-state index contributed by atoms with van der Waals surface area (Å²) in [6.45, 7) is 7.65. The molecule has 2 aliphatic heterocycles. The van der Waals surface area contributed by atoms with Crippen LogP contribution < -0.4 is 0 Å². The highest BCUT2D eigenvalue weighted by atomic mass is 16.7. The summed E-state index contributed by atoms with van der Waals surface area (Å²) in [7, 11) is 0. The maximum atomic E-state index is 11.6. The monoisotopic (exact) mass is 310 g/mol. The SMILES string of the molecule is C=CCCC(=O)O[C@@H]1CO[C@H]2[C@@H]1OC[C@H]2OC(=O)CCC=C. The molecule has 0 spiro atoms. The van der Waals surface area contributed by atoms with Crippen LogP contribution in [0.2, 0.25) is 0 Å². The molecule has 0 aromatic heterocycles. The standard InChI is InChI=1S/C16H22O6/c1-3-5-7-13(17)21-11-9-19-16-12(10-20-15(11)16)22-14(18)8-6-4-2/h3-4,11-12,15-16H,1-2,5-10H2/t11-,12-,15-,16-/m1/s1. The van der Waals surface area contributed by atoms with Crippen LogP contribution in [-0.2, 0) is 28.5 Å². The highest BCUT2D eigenvalue weighted by Crippen LogP contribution is 2.31. The van der Waals surface area contributed by atoms with E-state index in [0.717, 1.165) is 0 Å². The summed E-state index contributed by atoms with van der Waals surface area (Å²) in [6.07, 6.45) is 3.43. The average molecular weight is 310 g/mol. The minimum Gasteiger partial charge on any atom is -0.457 e. The summed E-state index contributed by atoms with van der Waals surface area (Å²) >= 11 is 0. The number of carbonyl (C=O) groups is 2. The Hall–Kier alpha value is -1.66. The molecule has 6 heteroatoms. The third-order valence-corrected chi connectivity index (χ3v) is 3.63. The van der Waals surface area contributed by atoms with E-state index in [2.05, 4.69) is 13.2 Å². The van der Waals surface area contributed by atoms with Gasteiger partial charge in [-0.1, -0.05) is 12.2 Å². The molecule has 6 nitrogen and oxygen atoms in total. The predicted molar refractivity (Wildman–Crippen MR) is 78.1 cm³/mol. The lowest BCUT2D eigenvalue weighted by Crippen LogP contribution is -2.35. The lowest BCUT2D eigenvalue weighted by atomic mass is 10.1. The molecular formula is C16H22O6. The fourth-order valence-corrected chi connectivity index (χ4v) is 2.53. The van der Waals surface area contributed by atoms with E-state index in [9.17, 15) is 9.59 Å². The van der Waals surface area contributed by atoms with Crippen LogP contribution in [-0.4, -0.2) is 49.6 Å². The number of carbonyl (C=O) groups excluding carboxylic acids is 2. The van der Waals surface area contributed by atoms with Gasteiger partial charge in [0.25, 0.3) is 0 Å². The van der Waals surface area contributed by atoms with Crippen molar-refractivity contribution >= 4 is 11.9 Å². The van der Waals surface area contributed by atoms with Crippen LogP contribution in [0.4, 0.5) is 0 Å². The van der Waals surface area contributed by atoms with Gasteiger partial charge < -0.3 is 18.9 Å². The first kappa shape index (κ1) is 16.7. The van der Waals surface area contributed by atoms with Gasteiger partial charge >= 0.3 is 11.9 Å². The zero-order chi connectivity index (χ0) is 15.9. The number of hydrogen-bond acceptors (Lipinski definition) is 6. The van der Waals surface area contributed by atoms with E-state index in [1.165, 1.54) is 0 Å². The van der Waals surface area contributed by atoms with E-state index in [0.29, 0.717) is 12.8 Å². The number of ether oxygens (including phenoxy) is 4. The molecule has 0 aromatic rings. The molecule has 0 aromatic carbocycles. The molecule has 122 valence electrons. The number of hydrogen-bond donors (Lipinski definition) is 0. The molecule has 2 aliphatic rings. The van der Waals surface area contributed by atoms with Crippen LogP contribution >= 0.6 is 0 Å². The van der Waals surface area contributed by atoms with Gasteiger partial charge in [-0.15, -0.1) is 13.2 Å². The zero-order valence-corrected chi connectivity index (χ0v) is 12.6. The highest BCUT2D eigenvalue weighted by molar-refractivity contribution is 5.70. The molecule has 2 heterocycles. The molecule has 0 bridgehead atoms. The van der Waals surface area contributed by atoms with Gasteiger partial charge in [0, 0.05) is 12.8 Å². The molecule has 0 amide bonds. The molecule has 0 saturated carbocycles. The van der Waals surface area contributed by atoms with Gasteiger partial charge in [0.1, 0.15) is 12.2 Å². The van der Waals surface area contributed by atoms with Crippen molar-refractivity contribution in [2.75, 3.05) is 13.2 Å². The number of allylic oxidation sites excluding steroid dienone is 2. The van der Waals surface area contributed by atoms with Crippen LogP contribution in [0.3, 0.4) is 0 Å². The predicted octanol–water partition coefficient (Wildman–Crippen LogP) is 1.54. The van der Waals surface area contributed by atoms with Crippen molar-refractivity contribution < 1.29 is 28.5 Å². The summed E-state index contributed by atoms with van der Waals surface area (Å²) in [6, 6.07) is 0. The molecule has 2 fully saturated rings. The largest absolute Gasteiger partial charge is 0.457 e. The van der Waals surface area contributed by atoms with Crippen LogP contribution in [0, 0.1) is 0 Å². The van der Waals surface area contributed by atoms with Gasteiger partial charge in [0.15, 0.2) is 12.2 Å². The van der Waals surface area contributed by atoms with Crippen molar-refractivity contribution in [3.05, 3.63) is 25.3 Å². The Kier molecular flexibility index (Phi) is 6.15. The number of fused-ring (bicyclic) bond motifs is 1. The van der Waals surface area contributed by atoms with E-state index < -0.39 is 12.2 Å². The molecule has 0 aliphatic carbocycles. The van der Waals surface area contributed by atoms with Gasteiger partial charge in [-0.2, -0.15) is 0 Å². The van der Waals surface area contributed by atoms with Crippen LogP contribution in [0.1, 0.15) is 25.7 Å². The van der Waals surface area contributed by atoms with E-state index in [1.807, 2.05) is 0 Å². The Morgan fingerprint density at radius 1 is 0.909 bits per heavy atom. The molecular weight excluding hydrogens is 288 g/mol. The van der Waals surface area contributed by atoms with E-state index in [1.54, 1.807) is 12.2 Å². The van der Waals surface area contributed by atoms with Gasteiger partial charge in [-0.05, 0) is 12.8 Å². The molecule has 0 N–H and O–H groups in total. The van der Waals surface area contributed by atoms with Gasteiger partial charge in [0.2, 0.25) is 0 Å². The summed E-state index contributed by atoms with van der Waals surface area (Å²) in [5.74, 6) is -0.603. The topological polar surface area (TPSA) is 71.1 Å². The Morgan fingerprint density at radius 3 is 1.68 bits per heavy atom. The maximum Gasteiger partial charge on any atom is 0.306 e. The Balaban J connectivity index is 1.80. The first-order valence-electron chi connectivity index (χ1n) is 7.49. The van der Waals surface area contributed by atoms with Crippen molar-refractivity contribution in [3.8, 4) is 0 Å². The quantitative estimate of drug-likeness (QED) is 0.500. The first-order valence-corrected chi connectivity index (χ1v) is 7.49. The Bertz CT molecular complexity index is 392. The fourth-order valence-electron chi connectivity index (χ4n) is 2.53. The number of esters is 2. The van der Waals surface area contributed by atoms with Crippen molar-refractivity contribution in [1.29, 1.82) is 0 Å². The molecule has 2 saturated heterocycles. The number of rotatable bonds is 8. The Labute approximate surface area is 130 Å². The van der Waals surface area contributed by atoms with Gasteiger partial charge in [0.05, 0.1) is 13.2 Å². The fraction of sp³-hybridized carbons (Fsp3) is 0.625. The second-order valence-corrected chi connectivity index (χ2v) is 5.31. The Morgan fingerprint density at radius 2 is 1.32 bits per heavy atom. The molecule has 0 unspecified atom stereocenters. The van der Waals surface area contributed by atoms with E-state index in [-0.39, 0.29) is 50.2 Å². The lowest BCUT2D eigenvalue weighted by Gasteiger charge is -2.17. The van der Waals surface area contributed by atoms with Crippen molar-refractivity contribution in [3.63, 3.8) is 0 Å². The van der Waals surface area contributed by atoms with Gasteiger partial charge in [-0.25, -0.2) is 0 Å². The van der Waals surface area contributed by atoms with Gasteiger partial charge in [-0.3, -0.25) is 9.59 Å². The summed E-state index contributed by atoms with van der Waals surface area (Å²) in [4.78, 5) is 23.3. The normalized spacial score (nSPS) is 29.6. The maximum absolute atomic E-state index is 11.6. The molecule has 4 atom stereocenters. The summed E-state index contributed by atoms with van der Waals surface area (Å²) in [5.41, 5.74) is 0. The lowest BCUT2D eigenvalue weighted by molar-refractivity contribution is -0.155. The van der Waals surface area contributed by atoms with Crippen LogP contribution in [0.25, 0.3) is 0 Å². The average Bonchev–Trinajstić information content (AvgIpc) is 3.07. The smallest absolute Gasteiger partial charge is 0.306 e. The van der Waals surface area contributed by atoms with E-state index >= 15 is 0 Å². The second-order valence-electron chi connectivity index (χ2n) is 5.31. The van der Waals surface area contributed by atoms with Crippen molar-refractivity contribution in [1.82, 2.24) is 0 Å². The summed E-state index contributed by atoms with van der Waals surface area (Å²) < 4.78 is 21.9. The zero-order valence-electron chi connectivity index (χ0n) is 12.6. The second kappa shape index (κ2) is 8.10. The van der Waals surface area contributed by atoms with E-state index in [4.69, 9.17) is 18.9 Å². The third-order valence-electron chi connectivity index (χ3n) is 3.63. The van der Waals surface area contributed by atoms with Crippen LogP contribution in [0.15, 0.2) is 25.3 Å². The molecule has 2 rings (SSSR count). The summed E-state index contributed by atoms with van der Waals surface area (Å²) in [5, 5.41) is 0. The third kappa shape index (κ3) is 4.18. The highest BCUT2D eigenvalue weighted by Gasteiger charge is 2.51.